The van der Waals surface area contributed by atoms with E-state index in [0.717, 1.165) is 32.3 Å². The number of carbonyl (C=O) groups is 1. The van der Waals surface area contributed by atoms with Gasteiger partial charge in [-0.1, -0.05) is 28.1 Å². The molecule has 0 radical (unpaired) electrons. The fraction of sp³-hybridized carbons (Fsp3) is 0.148. The molecule has 174 valence electrons. The van der Waals surface area contributed by atoms with Crippen molar-refractivity contribution in [3.05, 3.63) is 87.2 Å². The smallest absolute Gasteiger partial charge is 0.228 e. The number of rotatable bonds is 6. The number of fused-ring (bicyclic) bond motifs is 1. The number of benzene rings is 3. The van der Waals surface area contributed by atoms with Crippen molar-refractivity contribution in [1.82, 2.24) is 0 Å². The molecule has 3 aromatic rings. The minimum absolute atomic E-state index is 0.0850. The minimum atomic E-state index is -0.370. The van der Waals surface area contributed by atoms with Crippen LogP contribution in [0.2, 0.25) is 0 Å². The van der Waals surface area contributed by atoms with Gasteiger partial charge in [-0.25, -0.2) is 4.39 Å². The van der Waals surface area contributed by atoms with E-state index < -0.39 is 0 Å². The van der Waals surface area contributed by atoms with E-state index in [1.54, 1.807) is 18.2 Å². The van der Waals surface area contributed by atoms with E-state index >= 15 is 0 Å². The van der Waals surface area contributed by atoms with Crippen molar-refractivity contribution in [2.24, 2.45) is 0 Å². The average molecular weight is 524 g/mol. The van der Waals surface area contributed by atoms with Crippen molar-refractivity contribution < 1.29 is 23.8 Å². The lowest BCUT2D eigenvalue weighted by atomic mass is 10.00. The number of nitrogens with one attached hydrogen (secondary N) is 1. The summed E-state index contributed by atoms with van der Waals surface area (Å²) in [5.74, 6) is -0.0988. The number of halogens is 2. The van der Waals surface area contributed by atoms with Crippen molar-refractivity contribution in [3.8, 4) is 17.2 Å². The van der Waals surface area contributed by atoms with Crippen LogP contribution in [-0.4, -0.2) is 25.2 Å². The predicted octanol–water partition coefficient (Wildman–Crippen LogP) is 6.67. The number of hydrogen-bond acceptors (Lipinski definition) is 4. The second kappa shape index (κ2) is 9.73. The van der Waals surface area contributed by atoms with Crippen molar-refractivity contribution in [2.45, 2.75) is 13.3 Å². The van der Waals surface area contributed by atoms with Crippen LogP contribution in [0.3, 0.4) is 0 Å². The number of phenolic OH excluding ortho intramolecular Hbond substituents is 1. The Morgan fingerprint density at radius 1 is 1.06 bits per heavy atom. The summed E-state index contributed by atoms with van der Waals surface area (Å²) in [6.45, 7) is 1.92. The lowest BCUT2D eigenvalue weighted by molar-refractivity contribution is -0.115. The summed E-state index contributed by atoms with van der Waals surface area (Å²) in [6.07, 6.45) is 2.00. The SMILES string of the molecule is COc1cc(/C=C2/C(C)=C(CC(=O)Nc3cccc(Br)c3)c3cc(F)ccc32)cc(OC)c1O. The molecule has 0 bridgehead atoms. The highest BCUT2D eigenvalue weighted by molar-refractivity contribution is 9.10. The van der Waals surface area contributed by atoms with Gasteiger partial charge in [0, 0.05) is 10.2 Å². The monoisotopic (exact) mass is 523 g/mol. The number of hydrogen-bond donors (Lipinski definition) is 2. The van der Waals surface area contributed by atoms with Crippen LogP contribution in [-0.2, 0) is 4.79 Å². The summed E-state index contributed by atoms with van der Waals surface area (Å²) in [4.78, 5) is 12.9. The Morgan fingerprint density at radius 2 is 1.76 bits per heavy atom. The lowest BCUT2D eigenvalue weighted by Gasteiger charge is -2.11. The van der Waals surface area contributed by atoms with Gasteiger partial charge in [-0.2, -0.15) is 0 Å². The Kier molecular flexibility index (Phi) is 6.75. The number of amides is 1. The van der Waals surface area contributed by atoms with E-state index in [-0.39, 0.29) is 35.4 Å². The number of allylic oxidation sites excluding steroid dienone is 2. The fourth-order valence-corrected chi connectivity index (χ4v) is 4.48. The van der Waals surface area contributed by atoms with E-state index in [1.807, 2.05) is 37.3 Å². The van der Waals surface area contributed by atoms with Crippen LogP contribution in [0.25, 0.3) is 17.2 Å². The van der Waals surface area contributed by atoms with Crippen molar-refractivity contribution in [3.63, 3.8) is 0 Å². The molecule has 0 spiro atoms. The molecule has 0 heterocycles. The van der Waals surface area contributed by atoms with Gasteiger partial charge in [0.25, 0.3) is 0 Å². The summed E-state index contributed by atoms with van der Waals surface area (Å²) < 4.78 is 25.6. The first kappa shape index (κ1) is 23.6. The van der Waals surface area contributed by atoms with Crippen LogP contribution in [0, 0.1) is 5.82 Å². The number of phenols is 1. The van der Waals surface area contributed by atoms with Crippen LogP contribution >= 0.6 is 15.9 Å². The van der Waals surface area contributed by atoms with Gasteiger partial charge in [-0.15, -0.1) is 0 Å². The Bertz CT molecular complexity index is 1320. The van der Waals surface area contributed by atoms with Gasteiger partial charge in [-0.3, -0.25) is 4.79 Å². The maximum Gasteiger partial charge on any atom is 0.228 e. The van der Waals surface area contributed by atoms with Gasteiger partial charge in [-0.05, 0) is 88.9 Å². The summed E-state index contributed by atoms with van der Waals surface area (Å²) in [6, 6.07) is 15.3. The molecule has 34 heavy (non-hydrogen) atoms. The molecule has 1 aliphatic carbocycles. The second-order valence-corrected chi connectivity index (χ2v) is 8.78. The van der Waals surface area contributed by atoms with Crippen LogP contribution in [0.15, 0.2) is 64.6 Å². The molecule has 5 nitrogen and oxygen atoms in total. The molecule has 0 fully saturated rings. The van der Waals surface area contributed by atoms with E-state index in [1.165, 1.54) is 26.4 Å². The molecule has 2 N–H and O–H groups in total. The number of ether oxygens (including phenoxy) is 2. The van der Waals surface area contributed by atoms with E-state index in [9.17, 15) is 14.3 Å². The Labute approximate surface area is 205 Å². The average Bonchev–Trinajstić information content (AvgIpc) is 3.05. The van der Waals surface area contributed by atoms with Gasteiger partial charge >= 0.3 is 0 Å². The highest BCUT2D eigenvalue weighted by Crippen LogP contribution is 2.45. The van der Waals surface area contributed by atoms with Gasteiger partial charge < -0.3 is 19.9 Å². The first-order valence-corrected chi connectivity index (χ1v) is 11.3. The van der Waals surface area contributed by atoms with Gasteiger partial charge in [0.2, 0.25) is 11.7 Å². The molecule has 0 saturated carbocycles. The van der Waals surface area contributed by atoms with E-state index in [2.05, 4.69) is 21.2 Å². The highest BCUT2D eigenvalue weighted by Gasteiger charge is 2.26. The van der Waals surface area contributed by atoms with Crippen LogP contribution in [0.5, 0.6) is 17.2 Å². The topological polar surface area (TPSA) is 67.8 Å². The van der Waals surface area contributed by atoms with Crippen LogP contribution in [0.4, 0.5) is 10.1 Å². The zero-order chi connectivity index (χ0) is 24.4. The number of methoxy groups -OCH3 is 2. The summed E-state index contributed by atoms with van der Waals surface area (Å²) in [5.41, 5.74) is 5.41. The molecule has 0 aliphatic heterocycles. The molecule has 1 aliphatic rings. The lowest BCUT2D eigenvalue weighted by Crippen LogP contribution is -2.12. The summed E-state index contributed by atoms with van der Waals surface area (Å²) in [7, 11) is 2.93. The van der Waals surface area contributed by atoms with Gasteiger partial charge in [0.15, 0.2) is 11.5 Å². The van der Waals surface area contributed by atoms with E-state index in [4.69, 9.17) is 9.47 Å². The molecule has 3 aromatic carbocycles. The number of aromatic hydroxyl groups is 1. The first-order chi connectivity index (χ1) is 16.3. The standard InChI is InChI=1S/C27H23BrFNO4/c1-15-21(9-16-10-24(33-2)27(32)25(11-16)34-3)20-8-7-18(29)13-23(20)22(15)14-26(31)30-19-6-4-5-17(28)12-19/h4-13,32H,14H2,1-3H3,(H,30,31)/b21-9-. The summed E-state index contributed by atoms with van der Waals surface area (Å²) in [5, 5.41) is 13.1. The molecule has 7 heteroatoms. The molecule has 0 saturated heterocycles. The molecule has 1 amide bonds. The zero-order valence-corrected chi connectivity index (χ0v) is 20.5. The van der Waals surface area contributed by atoms with Crippen LogP contribution < -0.4 is 14.8 Å². The van der Waals surface area contributed by atoms with Gasteiger partial charge in [0.1, 0.15) is 5.82 Å². The summed E-state index contributed by atoms with van der Waals surface area (Å²) >= 11 is 3.40. The molecule has 0 unspecified atom stereocenters. The Hall–Kier alpha value is -3.58. The largest absolute Gasteiger partial charge is 0.502 e. The van der Waals surface area contributed by atoms with Crippen molar-refractivity contribution in [2.75, 3.05) is 19.5 Å². The van der Waals surface area contributed by atoms with E-state index in [0.29, 0.717) is 11.3 Å². The molecule has 4 rings (SSSR count). The predicted molar refractivity (Wildman–Crippen MR) is 135 cm³/mol. The maximum absolute atomic E-state index is 14.2. The maximum atomic E-state index is 14.2. The number of anilines is 1. The quantitative estimate of drug-likeness (QED) is 0.378. The number of carbonyl (C=O) groups excluding carboxylic acids is 1. The molecule has 0 atom stereocenters. The third-order valence-corrected chi connectivity index (χ3v) is 6.21. The zero-order valence-electron chi connectivity index (χ0n) is 18.9. The molecular weight excluding hydrogens is 501 g/mol. The Morgan fingerprint density at radius 3 is 2.41 bits per heavy atom. The van der Waals surface area contributed by atoms with Crippen molar-refractivity contribution >= 4 is 44.7 Å². The first-order valence-electron chi connectivity index (χ1n) is 10.5. The molecular formula is C27H23BrFNO4. The second-order valence-electron chi connectivity index (χ2n) is 7.86. The van der Waals surface area contributed by atoms with Crippen molar-refractivity contribution in [1.29, 1.82) is 0 Å². The Balaban J connectivity index is 1.74. The highest BCUT2D eigenvalue weighted by atomic mass is 79.9. The third kappa shape index (κ3) is 4.70. The third-order valence-electron chi connectivity index (χ3n) is 5.71. The normalized spacial score (nSPS) is 13.7. The fourth-order valence-electron chi connectivity index (χ4n) is 4.08. The molecule has 0 aromatic heterocycles. The van der Waals surface area contributed by atoms with Gasteiger partial charge in [0.05, 0.1) is 20.6 Å². The van der Waals surface area contributed by atoms with Crippen LogP contribution in [0.1, 0.15) is 30.0 Å². The minimum Gasteiger partial charge on any atom is -0.502 e.